The van der Waals surface area contributed by atoms with Gasteiger partial charge in [0.15, 0.2) is 0 Å². The van der Waals surface area contributed by atoms with Crippen LogP contribution in [0.2, 0.25) is 0 Å². The van der Waals surface area contributed by atoms with Crippen LogP contribution in [0.25, 0.3) is 0 Å². The molecule has 0 saturated carbocycles. The van der Waals surface area contributed by atoms with Crippen molar-refractivity contribution in [2.45, 2.75) is 51.2 Å². The van der Waals surface area contributed by atoms with Crippen molar-refractivity contribution >= 4 is 23.4 Å². The third-order valence-corrected chi connectivity index (χ3v) is 9.55. The van der Waals surface area contributed by atoms with E-state index in [9.17, 15) is 14.4 Å². The first-order chi connectivity index (χ1) is 20.0. The molecule has 4 aliphatic heterocycles. The summed E-state index contributed by atoms with van der Waals surface area (Å²) in [5.41, 5.74) is 7.23. The highest BCUT2D eigenvalue weighted by atomic mass is 16.2. The summed E-state index contributed by atoms with van der Waals surface area (Å²) in [7, 11) is 0. The number of fused-ring (bicyclic) bond motifs is 1. The molecule has 1 spiro atoms. The molecule has 4 aliphatic rings. The van der Waals surface area contributed by atoms with Crippen molar-refractivity contribution in [3.05, 3.63) is 101 Å². The number of benzene rings is 3. The number of carbonyl (C=O) groups excluding carboxylic acids is 3. The molecule has 7 heteroatoms. The van der Waals surface area contributed by atoms with E-state index in [2.05, 4.69) is 75.8 Å². The summed E-state index contributed by atoms with van der Waals surface area (Å²) < 4.78 is 0. The lowest BCUT2D eigenvalue weighted by molar-refractivity contribution is -0.136. The largest absolute Gasteiger partial charge is 0.370 e. The maximum Gasteiger partial charge on any atom is 0.255 e. The number of likely N-dealkylation sites (tertiary alicyclic amines) is 1. The Hall–Kier alpha value is -3.97. The third-order valence-electron chi connectivity index (χ3n) is 9.55. The van der Waals surface area contributed by atoms with Gasteiger partial charge in [0.2, 0.25) is 11.8 Å². The SMILES string of the molecule is O=C1CCC(N2Cc3c(cccc3N3CC4(CCN(Cc5ccc(Cc6ccccc6)cc5)CC4)C3)C2=O)C(=O)N1. The fourth-order valence-corrected chi connectivity index (χ4v) is 7.15. The molecule has 0 aliphatic carbocycles. The second kappa shape index (κ2) is 10.5. The van der Waals surface area contributed by atoms with Crippen LogP contribution in [0.3, 0.4) is 0 Å². The van der Waals surface area contributed by atoms with E-state index in [0.717, 1.165) is 50.4 Å². The molecule has 1 N–H and O–H groups in total. The van der Waals surface area contributed by atoms with Crippen molar-refractivity contribution in [1.29, 1.82) is 0 Å². The van der Waals surface area contributed by atoms with Crippen molar-refractivity contribution in [1.82, 2.24) is 15.1 Å². The molecule has 0 aromatic heterocycles. The normalized spacial score (nSPS) is 22.0. The van der Waals surface area contributed by atoms with E-state index in [1.54, 1.807) is 4.90 Å². The van der Waals surface area contributed by atoms with Crippen LogP contribution in [0.15, 0.2) is 72.8 Å². The Balaban J connectivity index is 0.938. The predicted octanol–water partition coefficient (Wildman–Crippen LogP) is 4.14. The lowest BCUT2D eigenvalue weighted by Gasteiger charge is -2.55. The fraction of sp³-hybridized carbons (Fsp3) is 0.382. The van der Waals surface area contributed by atoms with Gasteiger partial charge in [-0.3, -0.25) is 24.6 Å². The maximum atomic E-state index is 13.2. The highest BCUT2D eigenvalue weighted by molar-refractivity contribution is 6.06. The summed E-state index contributed by atoms with van der Waals surface area (Å²) in [6, 6.07) is 25.1. The zero-order valence-electron chi connectivity index (χ0n) is 23.4. The molecule has 3 saturated heterocycles. The van der Waals surface area contributed by atoms with Gasteiger partial charge >= 0.3 is 0 Å². The lowest BCUT2D eigenvalue weighted by atomic mass is 9.71. The molecular weight excluding hydrogens is 512 g/mol. The third kappa shape index (κ3) is 5.04. The lowest BCUT2D eigenvalue weighted by Crippen LogP contribution is -2.60. The quantitative estimate of drug-likeness (QED) is 0.469. The number of hydrogen-bond donors (Lipinski definition) is 1. The minimum atomic E-state index is -0.576. The maximum absolute atomic E-state index is 13.2. The zero-order chi connectivity index (χ0) is 28.0. The monoisotopic (exact) mass is 548 g/mol. The molecule has 7 nitrogen and oxygen atoms in total. The Morgan fingerprint density at radius 3 is 2.24 bits per heavy atom. The Morgan fingerprint density at radius 2 is 1.51 bits per heavy atom. The van der Waals surface area contributed by atoms with Gasteiger partial charge in [-0.25, -0.2) is 0 Å². The van der Waals surface area contributed by atoms with Gasteiger partial charge in [0.05, 0.1) is 0 Å². The molecule has 3 aromatic rings. The van der Waals surface area contributed by atoms with Crippen LogP contribution in [0.1, 0.15) is 58.3 Å². The second-order valence-electron chi connectivity index (χ2n) is 12.3. The topological polar surface area (TPSA) is 73.0 Å². The number of piperidine rings is 2. The molecule has 3 fully saturated rings. The van der Waals surface area contributed by atoms with Crippen molar-refractivity contribution in [3.8, 4) is 0 Å². The van der Waals surface area contributed by atoms with Crippen molar-refractivity contribution < 1.29 is 14.4 Å². The van der Waals surface area contributed by atoms with Crippen molar-refractivity contribution in [3.63, 3.8) is 0 Å². The van der Waals surface area contributed by atoms with E-state index in [-0.39, 0.29) is 24.1 Å². The van der Waals surface area contributed by atoms with Crippen molar-refractivity contribution in [2.75, 3.05) is 31.1 Å². The van der Waals surface area contributed by atoms with E-state index in [1.807, 2.05) is 12.1 Å². The predicted molar refractivity (Wildman–Crippen MR) is 157 cm³/mol. The van der Waals surface area contributed by atoms with E-state index in [1.165, 1.54) is 29.5 Å². The summed E-state index contributed by atoms with van der Waals surface area (Å²) in [5, 5.41) is 2.40. The zero-order valence-corrected chi connectivity index (χ0v) is 23.4. The molecule has 3 aromatic carbocycles. The highest BCUT2D eigenvalue weighted by Crippen LogP contribution is 2.45. The van der Waals surface area contributed by atoms with Gasteiger partial charge in [0.1, 0.15) is 6.04 Å². The first kappa shape index (κ1) is 26.0. The van der Waals surface area contributed by atoms with Crippen LogP contribution < -0.4 is 10.2 Å². The number of imide groups is 1. The van der Waals surface area contributed by atoms with Gasteiger partial charge in [-0.05, 0) is 67.6 Å². The Bertz CT molecular complexity index is 1470. The van der Waals surface area contributed by atoms with Crippen LogP contribution >= 0.6 is 0 Å². The summed E-state index contributed by atoms with van der Waals surface area (Å²) in [4.78, 5) is 43.9. The Kier molecular flexibility index (Phi) is 6.62. The van der Waals surface area contributed by atoms with Crippen LogP contribution in [-0.4, -0.2) is 59.7 Å². The van der Waals surface area contributed by atoms with Crippen LogP contribution in [0.4, 0.5) is 5.69 Å². The van der Waals surface area contributed by atoms with Gasteiger partial charge in [-0.15, -0.1) is 0 Å². The number of anilines is 1. The molecule has 1 atom stereocenters. The standard InChI is InChI=1S/C34H36N4O3/c39-31-14-13-30(32(40)35-31)38-21-28-27(33(38)41)7-4-8-29(28)37-22-34(23-37)15-17-36(18-16-34)20-26-11-9-25(10-12-26)19-24-5-2-1-3-6-24/h1-12,30H,13-23H2,(H,35,39,40). The molecule has 3 amide bonds. The van der Waals surface area contributed by atoms with Gasteiger partial charge in [0.25, 0.3) is 5.91 Å². The molecule has 0 radical (unpaired) electrons. The minimum absolute atomic E-state index is 0.104. The van der Waals surface area contributed by atoms with E-state index in [4.69, 9.17) is 0 Å². The summed E-state index contributed by atoms with van der Waals surface area (Å²) in [6.07, 6.45) is 4.00. The number of hydrogen-bond acceptors (Lipinski definition) is 5. The second-order valence-corrected chi connectivity index (χ2v) is 12.3. The molecule has 7 rings (SSSR count). The molecule has 1 unspecified atom stereocenters. The molecule has 4 heterocycles. The number of rotatable bonds is 6. The number of nitrogens with one attached hydrogen (secondary N) is 1. The van der Waals surface area contributed by atoms with Crippen LogP contribution in [0.5, 0.6) is 0 Å². The fourth-order valence-electron chi connectivity index (χ4n) is 7.15. The number of carbonyl (C=O) groups is 3. The summed E-state index contributed by atoms with van der Waals surface area (Å²) >= 11 is 0. The van der Waals surface area contributed by atoms with Gasteiger partial charge < -0.3 is 9.80 Å². The van der Waals surface area contributed by atoms with Crippen LogP contribution in [0, 0.1) is 5.41 Å². The van der Waals surface area contributed by atoms with Gasteiger partial charge in [0, 0.05) is 54.8 Å². The van der Waals surface area contributed by atoms with Gasteiger partial charge in [-0.2, -0.15) is 0 Å². The molecule has 41 heavy (non-hydrogen) atoms. The smallest absolute Gasteiger partial charge is 0.255 e. The highest BCUT2D eigenvalue weighted by Gasteiger charge is 2.47. The van der Waals surface area contributed by atoms with Gasteiger partial charge in [-0.1, -0.05) is 60.7 Å². The summed E-state index contributed by atoms with van der Waals surface area (Å²) in [6.45, 7) is 5.66. The molecule has 210 valence electrons. The average molecular weight is 549 g/mol. The van der Waals surface area contributed by atoms with Crippen LogP contribution in [-0.2, 0) is 29.1 Å². The minimum Gasteiger partial charge on any atom is -0.370 e. The van der Waals surface area contributed by atoms with E-state index in [0.29, 0.717) is 23.9 Å². The van der Waals surface area contributed by atoms with E-state index < -0.39 is 6.04 Å². The average Bonchev–Trinajstić information content (AvgIpc) is 3.30. The Labute approximate surface area is 241 Å². The number of amides is 3. The van der Waals surface area contributed by atoms with Crippen molar-refractivity contribution in [2.24, 2.45) is 5.41 Å². The first-order valence-corrected chi connectivity index (χ1v) is 14.8. The first-order valence-electron chi connectivity index (χ1n) is 14.8. The molecular formula is C34H36N4O3. The number of nitrogens with zero attached hydrogens (tertiary/aromatic N) is 3. The Morgan fingerprint density at radius 1 is 0.805 bits per heavy atom. The summed E-state index contributed by atoms with van der Waals surface area (Å²) in [5.74, 6) is -0.723. The molecule has 0 bridgehead atoms. The van der Waals surface area contributed by atoms with E-state index >= 15 is 0 Å².